The topological polar surface area (TPSA) is 158 Å². The van der Waals surface area contributed by atoms with Crippen LogP contribution in [0.4, 0.5) is 0 Å². The summed E-state index contributed by atoms with van der Waals surface area (Å²) < 4.78 is 0. The fraction of sp³-hybridized carbons (Fsp3) is 0.333. The number of carboxylic acid groups (broad SMARTS) is 1. The van der Waals surface area contributed by atoms with Crippen LogP contribution in [0.5, 0.6) is 0 Å². The first-order chi connectivity index (χ1) is 17.9. The number of aromatic nitrogens is 1. The number of carbonyl (C=O) groups excluding carboxylic acids is 3. The highest BCUT2D eigenvalue weighted by atomic mass is 16.4. The zero-order valence-electron chi connectivity index (χ0n) is 20.4. The number of nitrogens with one attached hydrogen (secondary N) is 3. The van der Waals surface area contributed by atoms with E-state index in [1.165, 1.54) is 4.90 Å². The first-order valence-electron chi connectivity index (χ1n) is 12.3. The van der Waals surface area contributed by atoms with E-state index in [0.717, 1.165) is 22.0 Å². The highest BCUT2D eigenvalue weighted by molar-refractivity contribution is 5.94. The Kier molecular flexibility index (Phi) is 8.19. The molecule has 2 heterocycles. The smallest absolute Gasteiger partial charge is 0.326 e. The molecule has 6 N–H and O–H groups in total. The Bertz CT molecular complexity index is 1270. The number of fused-ring (bicyclic) bond motifs is 1. The number of amides is 3. The van der Waals surface area contributed by atoms with Gasteiger partial charge >= 0.3 is 5.97 Å². The summed E-state index contributed by atoms with van der Waals surface area (Å²) in [5.41, 5.74) is 7.94. The Morgan fingerprint density at radius 3 is 2.46 bits per heavy atom. The van der Waals surface area contributed by atoms with Gasteiger partial charge in [0.05, 0.1) is 6.54 Å². The number of aliphatic carboxylic acids is 1. The molecule has 194 valence electrons. The fourth-order valence-corrected chi connectivity index (χ4v) is 4.77. The monoisotopic (exact) mass is 505 g/mol. The molecular weight excluding hydrogens is 474 g/mol. The molecule has 10 nitrogen and oxygen atoms in total. The number of nitrogens with zero attached hydrogens (tertiary/aromatic N) is 1. The van der Waals surface area contributed by atoms with Gasteiger partial charge < -0.3 is 31.4 Å². The molecule has 2 aromatic carbocycles. The number of aromatic amines is 1. The largest absolute Gasteiger partial charge is 0.480 e. The number of hydrogen-bond donors (Lipinski definition) is 5. The zero-order valence-corrected chi connectivity index (χ0v) is 20.4. The molecule has 0 bridgehead atoms. The second kappa shape index (κ2) is 11.7. The highest BCUT2D eigenvalue weighted by Gasteiger charge is 2.36. The number of H-pyrrole nitrogens is 1. The van der Waals surface area contributed by atoms with Gasteiger partial charge in [-0.3, -0.25) is 14.4 Å². The van der Waals surface area contributed by atoms with Gasteiger partial charge in [0, 0.05) is 36.5 Å². The molecule has 0 aliphatic carbocycles. The Balaban J connectivity index is 1.56. The van der Waals surface area contributed by atoms with Gasteiger partial charge in [0.2, 0.25) is 17.7 Å². The van der Waals surface area contributed by atoms with Gasteiger partial charge in [-0.15, -0.1) is 0 Å². The van der Waals surface area contributed by atoms with Crippen LogP contribution < -0.4 is 16.4 Å². The van der Waals surface area contributed by atoms with E-state index >= 15 is 0 Å². The van der Waals surface area contributed by atoms with E-state index in [0.29, 0.717) is 19.4 Å². The molecular formula is C27H31N5O5. The number of hydrogen-bond acceptors (Lipinski definition) is 5. The summed E-state index contributed by atoms with van der Waals surface area (Å²) in [6.45, 7) is 0.217. The number of nitrogens with two attached hydrogens (primary N) is 1. The summed E-state index contributed by atoms with van der Waals surface area (Å²) in [5.74, 6) is -2.58. The van der Waals surface area contributed by atoms with E-state index in [9.17, 15) is 24.3 Å². The number of carboxylic acids is 1. The van der Waals surface area contributed by atoms with Crippen molar-refractivity contribution in [3.63, 3.8) is 0 Å². The second-order valence-corrected chi connectivity index (χ2v) is 9.16. The average Bonchev–Trinajstić information content (AvgIpc) is 3.56. The lowest BCUT2D eigenvalue weighted by atomic mass is 10.0. The molecule has 37 heavy (non-hydrogen) atoms. The van der Waals surface area contributed by atoms with Gasteiger partial charge in [0.25, 0.3) is 0 Å². The molecule has 0 radical (unpaired) electrons. The fourth-order valence-electron chi connectivity index (χ4n) is 4.77. The number of rotatable bonds is 10. The van der Waals surface area contributed by atoms with Crippen LogP contribution in [0.25, 0.3) is 10.9 Å². The summed E-state index contributed by atoms with van der Waals surface area (Å²) in [7, 11) is 0. The van der Waals surface area contributed by atoms with Gasteiger partial charge in [-0.05, 0) is 30.0 Å². The molecule has 0 saturated carbocycles. The van der Waals surface area contributed by atoms with Crippen molar-refractivity contribution < 1.29 is 24.3 Å². The van der Waals surface area contributed by atoms with Crippen molar-refractivity contribution in [2.24, 2.45) is 5.73 Å². The molecule has 3 amide bonds. The van der Waals surface area contributed by atoms with E-state index < -0.39 is 35.9 Å². The summed E-state index contributed by atoms with van der Waals surface area (Å²) in [5, 5.41) is 16.1. The molecule has 10 heteroatoms. The second-order valence-electron chi connectivity index (χ2n) is 9.16. The molecule has 3 atom stereocenters. The van der Waals surface area contributed by atoms with Gasteiger partial charge in [0.1, 0.15) is 18.1 Å². The van der Waals surface area contributed by atoms with Crippen LogP contribution in [0.15, 0.2) is 60.8 Å². The Morgan fingerprint density at radius 2 is 1.73 bits per heavy atom. The van der Waals surface area contributed by atoms with Crippen LogP contribution in [-0.2, 0) is 32.0 Å². The molecule has 4 rings (SSSR count). The standard InChI is InChI=1S/C27H31N5O5/c28-15-24(33)32-12-6-11-23(32)26(35)30-21(14-18-16-29-20-10-5-4-9-19(18)20)25(34)31-22(27(36)37)13-17-7-2-1-3-8-17/h1-5,7-10,16,21-23,29H,6,11-15,28H2,(H,30,35)(H,31,34)(H,36,37). The maximum atomic E-state index is 13.4. The third-order valence-corrected chi connectivity index (χ3v) is 6.68. The van der Waals surface area contributed by atoms with E-state index in [4.69, 9.17) is 5.73 Å². The lowest BCUT2D eigenvalue weighted by Gasteiger charge is -2.27. The molecule has 1 aromatic heterocycles. The number of carbonyl (C=O) groups is 4. The van der Waals surface area contributed by atoms with Crippen molar-refractivity contribution in [2.75, 3.05) is 13.1 Å². The third-order valence-electron chi connectivity index (χ3n) is 6.68. The minimum absolute atomic E-state index is 0.0943. The van der Waals surface area contributed by atoms with Crippen molar-refractivity contribution in [1.82, 2.24) is 20.5 Å². The first-order valence-corrected chi connectivity index (χ1v) is 12.3. The summed E-state index contributed by atoms with van der Waals surface area (Å²) in [4.78, 5) is 55.5. The van der Waals surface area contributed by atoms with Crippen molar-refractivity contribution in [3.8, 4) is 0 Å². The van der Waals surface area contributed by atoms with Crippen LogP contribution in [-0.4, -0.2) is 69.9 Å². The normalized spacial score (nSPS) is 16.8. The van der Waals surface area contributed by atoms with E-state index in [1.807, 2.05) is 30.3 Å². The maximum Gasteiger partial charge on any atom is 0.326 e. The molecule has 1 aliphatic rings. The van der Waals surface area contributed by atoms with Crippen molar-refractivity contribution in [2.45, 2.75) is 43.8 Å². The first kappa shape index (κ1) is 25.9. The molecule has 1 fully saturated rings. The molecule has 1 saturated heterocycles. The lowest BCUT2D eigenvalue weighted by Crippen LogP contribution is -2.56. The van der Waals surface area contributed by atoms with Gasteiger partial charge in [-0.2, -0.15) is 0 Å². The predicted molar refractivity (Wildman–Crippen MR) is 137 cm³/mol. The summed E-state index contributed by atoms with van der Waals surface area (Å²) in [6.07, 6.45) is 3.12. The molecule has 3 aromatic rings. The quantitative estimate of drug-likeness (QED) is 0.276. The Labute approximate surface area is 214 Å². The lowest BCUT2D eigenvalue weighted by molar-refractivity contribution is -0.142. The van der Waals surface area contributed by atoms with E-state index in [-0.39, 0.29) is 25.3 Å². The van der Waals surface area contributed by atoms with Crippen molar-refractivity contribution in [1.29, 1.82) is 0 Å². The van der Waals surface area contributed by atoms with Crippen LogP contribution in [0.1, 0.15) is 24.0 Å². The summed E-state index contributed by atoms with van der Waals surface area (Å²) >= 11 is 0. The van der Waals surface area contributed by atoms with Crippen LogP contribution in [0.2, 0.25) is 0 Å². The summed E-state index contributed by atoms with van der Waals surface area (Å²) in [6, 6.07) is 13.6. The third kappa shape index (κ3) is 6.15. The van der Waals surface area contributed by atoms with Gasteiger partial charge in [0.15, 0.2) is 0 Å². The van der Waals surface area contributed by atoms with E-state index in [2.05, 4.69) is 15.6 Å². The Morgan fingerprint density at radius 1 is 1.00 bits per heavy atom. The molecule has 1 aliphatic heterocycles. The van der Waals surface area contributed by atoms with Gasteiger partial charge in [-0.1, -0.05) is 48.5 Å². The van der Waals surface area contributed by atoms with Crippen LogP contribution in [0.3, 0.4) is 0 Å². The van der Waals surface area contributed by atoms with Crippen LogP contribution in [0, 0.1) is 0 Å². The molecule has 0 spiro atoms. The van der Waals surface area contributed by atoms with Gasteiger partial charge in [-0.25, -0.2) is 4.79 Å². The van der Waals surface area contributed by atoms with Crippen molar-refractivity contribution in [3.05, 3.63) is 71.9 Å². The Hall–Kier alpha value is -4.18. The SMILES string of the molecule is NCC(=O)N1CCCC1C(=O)NC(Cc1c[nH]c2ccccc12)C(=O)NC(Cc1ccccc1)C(=O)O. The predicted octanol–water partition coefficient (Wildman–Crippen LogP) is 0.957. The van der Waals surface area contributed by atoms with E-state index in [1.54, 1.807) is 30.5 Å². The van der Waals surface area contributed by atoms with Crippen molar-refractivity contribution >= 4 is 34.6 Å². The average molecular weight is 506 g/mol. The van der Waals surface area contributed by atoms with Crippen LogP contribution >= 0.6 is 0 Å². The maximum absolute atomic E-state index is 13.4. The number of likely N-dealkylation sites (tertiary alicyclic amines) is 1. The number of para-hydroxylation sites is 1. The number of benzene rings is 2. The minimum atomic E-state index is -1.18. The molecule has 3 unspecified atom stereocenters. The highest BCUT2D eigenvalue weighted by Crippen LogP contribution is 2.21. The zero-order chi connectivity index (χ0) is 26.4. The minimum Gasteiger partial charge on any atom is -0.480 e.